The third-order valence-electron chi connectivity index (χ3n) is 6.71. The summed E-state index contributed by atoms with van der Waals surface area (Å²) in [5, 5.41) is 3.51. The van der Waals surface area contributed by atoms with Gasteiger partial charge in [-0.15, -0.1) is 0 Å². The molecule has 0 aliphatic carbocycles. The van der Waals surface area contributed by atoms with Gasteiger partial charge in [-0.1, -0.05) is 87.0 Å². The maximum absolute atomic E-state index is 14.2. The molecule has 3 aromatic carbocycles. The first-order valence-electron chi connectivity index (χ1n) is 13.9. The van der Waals surface area contributed by atoms with Gasteiger partial charge in [0.25, 0.3) is 0 Å². The van der Waals surface area contributed by atoms with Gasteiger partial charge in [0, 0.05) is 23.5 Å². The summed E-state index contributed by atoms with van der Waals surface area (Å²) < 4.78 is 27.1. The Kier molecular flexibility index (Phi) is 10.5. The Morgan fingerprint density at radius 1 is 0.857 bits per heavy atom. The van der Waals surface area contributed by atoms with Crippen molar-refractivity contribution in [3.63, 3.8) is 0 Å². The second kappa shape index (κ2) is 13.3. The van der Waals surface area contributed by atoms with E-state index in [9.17, 15) is 18.0 Å². The van der Waals surface area contributed by atoms with E-state index in [0.717, 1.165) is 27.3 Å². The van der Waals surface area contributed by atoms with Crippen LogP contribution in [-0.4, -0.2) is 49.5 Å². The predicted octanol–water partition coefficient (Wildman–Crippen LogP) is 5.96. The van der Waals surface area contributed by atoms with Crippen LogP contribution in [0.5, 0.6) is 0 Å². The van der Waals surface area contributed by atoms with Gasteiger partial charge in [0.15, 0.2) is 0 Å². The molecule has 7 nitrogen and oxygen atoms in total. The second-order valence-corrected chi connectivity index (χ2v) is 15.0. The number of sulfonamides is 1. The van der Waals surface area contributed by atoms with Crippen molar-refractivity contribution in [2.45, 2.75) is 71.5 Å². The number of hydrogen-bond acceptors (Lipinski definition) is 4. The zero-order valence-electron chi connectivity index (χ0n) is 25.5. The molecule has 1 N–H and O–H groups in total. The maximum Gasteiger partial charge on any atom is 0.244 e. The largest absolute Gasteiger partial charge is 0.350 e. The van der Waals surface area contributed by atoms with Crippen molar-refractivity contribution in [3.05, 3.63) is 101 Å². The Morgan fingerprint density at radius 3 is 1.98 bits per heavy atom. The molecule has 1 atom stereocenters. The van der Waals surface area contributed by atoms with Gasteiger partial charge in [-0.3, -0.25) is 13.9 Å². The molecule has 0 aliphatic rings. The minimum atomic E-state index is -3.84. The Bertz CT molecular complexity index is 1480. The maximum atomic E-state index is 14.2. The number of benzene rings is 3. The minimum Gasteiger partial charge on any atom is -0.350 e. The lowest BCUT2D eigenvalue weighted by molar-refractivity contribution is -0.140. The molecule has 3 rings (SSSR count). The quantitative estimate of drug-likeness (QED) is 0.307. The number of anilines is 1. The number of nitrogens with zero attached hydrogens (tertiary/aromatic N) is 2. The number of amides is 2. The van der Waals surface area contributed by atoms with E-state index in [1.54, 1.807) is 30.3 Å². The van der Waals surface area contributed by atoms with E-state index in [2.05, 4.69) is 26.1 Å². The zero-order chi connectivity index (χ0) is 31.3. The van der Waals surface area contributed by atoms with Crippen molar-refractivity contribution in [1.29, 1.82) is 0 Å². The molecule has 0 heterocycles. The van der Waals surface area contributed by atoms with Gasteiger partial charge in [0.1, 0.15) is 12.6 Å². The second-order valence-electron chi connectivity index (χ2n) is 12.7. The van der Waals surface area contributed by atoms with Gasteiger partial charge in [-0.05, 0) is 67.1 Å². The molecule has 9 heteroatoms. The fourth-order valence-corrected chi connectivity index (χ4v) is 5.64. The molecule has 2 amide bonds. The number of hydrogen-bond donors (Lipinski definition) is 1. The van der Waals surface area contributed by atoms with Gasteiger partial charge in [-0.25, -0.2) is 8.42 Å². The molecule has 0 spiro atoms. The van der Waals surface area contributed by atoms with Crippen LogP contribution < -0.4 is 9.62 Å². The summed E-state index contributed by atoms with van der Waals surface area (Å²) in [5.74, 6) is -0.840. The van der Waals surface area contributed by atoms with Crippen molar-refractivity contribution >= 4 is 39.1 Å². The minimum absolute atomic E-state index is 0.0645. The molecular formula is C33H42ClN3O4S. The summed E-state index contributed by atoms with van der Waals surface area (Å²) in [5.41, 5.74) is 2.33. The van der Waals surface area contributed by atoms with E-state index in [-0.39, 0.29) is 24.3 Å². The number of nitrogens with one attached hydrogen (secondary N) is 1. The molecule has 0 bridgehead atoms. The summed E-state index contributed by atoms with van der Waals surface area (Å²) in [4.78, 5) is 29.4. The van der Waals surface area contributed by atoms with Crippen LogP contribution in [0.4, 0.5) is 5.69 Å². The highest BCUT2D eigenvalue weighted by Gasteiger charge is 2.34. The van der Waals surface area contributed by atoms with Gasteiger partial charge in [0.05, 0.1) is 11.9 Å². The number of carbonyl (C=O) groups excluding carboxylic acids is 2. The molecule has 42 heavy (non-hydrogen) atoms. The van der Waals surface area contributed by atoms with E-state index in [0.29, 0.717) is 10.7 Å². The molecule has 3 aromatic rings. The summed E-state index contributed by atoms with van der Waals surface area (Å²) in [6.45, 7) is 11.4. The monoisotopic (exact) mass is 611 g/mol. The molecular weight excluding hydrogens is 570 g/mol. The van der Waals surface area contributed by atoms with Crippen LogP contribution in [-0.2, 0) is 38.0 Å². The molecule has 0 saturated carbocycles. The highest BCUT2D eigenvalue weighted by Crippen LogP contribution is 2.27. The van der Waals surface area contributed by atoms with Crippen molar-refractivity contribution < 1.29 is 18.0 Å². The average molecular weight is 612 g/mol. The van der Waals surface area contributed by atoms with Gasteiger partial charge in [-0.2, -0.15) is 0 Å². The van der Waals surface area contributed by atoms with Crippen molar-refractivity contribution in [2.24, 2.45) is 0 Å². The van der Waals surface area contributed by atoms with Crippen LogP contribution in [0.1, 0.15) is 58.2 Å². The summed E-state index contributed by atoms with van der Waals surface area (Å²) in [6.07, 6.45) is 1.32. The first kappa shape index (κ1) is 33.1. The lowest BCUT2D eigenvalue weighted by atomic mass is 9.87. The van der Waals surface area contributed by atoms with Crippen molar-refractivity contribution in [1.82, 2.24) is 10.2 Å². The van der Waals surface area contributed by atoms with Crippen LogP contribution in [0.2, 0.25) is 5.02 Å². The number of carbonyl (C=O) groups is 2. The van der Waals surface area contributed by atoms with Crippen LogP contribution in [0.15, 0.2) is 78.9 Å². The van der Waals surface area contributed by atoms with E-state index < -0.39 is 34.1 Å². The summed E-state index contributed by atoms with van der Waals surface area (Å²) >= 11 is 6.27. The van der Waals surface area contributed by atoms with E-state index in [1.807, 2.05) is 69.3 Å². The first-order valence-corrected chi connectivity index (χ1v) is 16.1. The van der Waals surface area contributed by atoms with Crippen molar-refractivity contribution in [2.75, 3.05) is 17.1 Å². The topological polar surface area (TPSA) is 86.8 Å². The van der Waals surface area contributed by atoms with Crippen LogP contribution in [0.3, 0.4) is 0 Å². The molecule has 226 valence electrons. The third kappa shape index (κ3) is 9.60. The molecule has 1 unspecified atom stereocenters. The SMILES string of the molecule is CC(C)(C)NC(=O)C(Cc1ccccc1)N(Cc1cccc(Cl)c1)C(=O)CN(c1ccc(C(C)(C)C)cc1)S(C)(=O)=O. The van der Waals surface area contributed by atoms with Crippen molar-refractivity contribution in [3.8, 4) is 0 Å². The Balaban J connectivity index is 2.07. The van der Waals surface area contributed by atoms with E-state index >= 15 is 0 Å². The van der Waals surface area contributed by atoms with Crippen LogP contribution in [0, 0.1) is 0 Å². The molecule has 0 radical (unpaired) electrons. The Hall–Kier alpha value is -3.36. The number of rotatable bonds is 10. The first-order chi connectivity index (χ1) is 19.4. The highest BCUT2D eigenvalue weighted by molar-refractivity contribution is 7.92. The highest BCUT2D eigenvalue weighted by atomic mass is 35.5. The summed E-state index contributed by atoms with van der Waals surface area (Å²) in [7, 11) is -3.84. The third-order valence-corrected chi connectivity index (χ3v) is 8.09. The fraction of sp³-hybridized carbons (Fsp3) is 0.394. The molecule has 0 aromatic heterocycles. The molecule has 0 fully saturated rings. The van der Waals surface area contributed by atoms with E-state index in [4.69, 9.17) is 11.6 Å². The van der Waals surface area contributed by atoms with Gasteiger partial charge < -0.3 is 10.2 Å². The normalized spacial score (nSPS) is 12.9. The summed E-state index contributed by atoms with van der Waals surface area (Å²) in [6, 6.07) is 22.8. The lowest BCUT2D eigenvalue weighted by Gasteiger charge is -2.35. The molecule has 0 aliphatic heterocycles. The van der Waals surface area contributed by atoms with Gasteiger partial charge in [0.2, 0.25) is 21.8 Å². The Morgan fingerprint density at radius 2 is 1.45 bits per heavy atom. The Labute approximate surface area is 255 Å². The average Bonchev–Trinajstić information content (AvgIpc) is 2.87. The predicted molar refractivity (Wildman–Crippen MR) is 171 cm³/mol. The van der Waals surface area contributed by atoms with Gasteiger partial charge >= 0.3 is 0 Å². The standard InChI is InChI=1S/C33H42ClN3O4S/c1-32(2,3)26-16-18-28(19-17-26)37(42(7,40)41)23-30(38)36(22-25-14-11-15-27(34)20-25)29(31(39)35-33(4,5)6)21-24-12-9-8-10-13-24/h8-20,29H,21-23H2,1-7H3,(H,35,39). The van der Waals surface area contributed by atoms with Crippen LogP contribution >= 0.6 is 11.6 Å². The smallest absolute Gasteiger partial charge is 0.244 e. The number of halogens is 1. The molecule has 0 saturated heterocycles. The fourth-order valence-electron chi connectivity index (χ4n) is 4.58. The zero-order valence-corrected chi connectivity index (χ0v) is 27.1. The van der Waals surface area contributed by atoms with Crippen LogP contribution in [0.25, 0.3) is 0 Å². The van der Waals surface area contributed by atoms with E-state index in [1.165, 1.54) is 4.90 Å². The lowest BCUT2D eigenvalue weighted by Crippen LogP contribution is -2.56.